The van der Waals surface area contributed by atoms with E-state index in [1.165, 1.54) is 6.07 Å². The van der Waals surface area contributed by atoms with Gasteiger partial charge in [-0.2, -0.15) is 5.26 Å². The molecule has 1 fully saturated rings. The Morgan fingerprint density at radius 3 is 2.64 bits per heavy atom. The molecule has 1 aliphatic rings. The highest BCUT2D eigenvalue weighted by Gasteiger charge is 2.47. The molecule has 0 unspecified atom stereocenters. The first kappa shape index (κ1) is 22.4. The van der Waals surface area contributed by atoms with Gasteiger partial charge < -0.3 is 15.3 Å². The van der Waals surface area contributed by atoms with E-state index in [4.69, 9.17) is 4.98 Å². The number of nitrogens with one attached hydrogen (secondary N) is 1. The normalized spacial score (nSPS) is 16.0. The molecule has 7 nitrogen and oxygen atoms in total. The Morgan fingerprint density at radius 1 is 1.30 bits per heavy atom. The van der Waals surface area contributed by atoms with Crippen LogP contribution in [0.1, 0.15) is 53.0 Å². The number of benzene rings is 2. The summed E-state index contributed by atoms with van der Waals surface area (Å²) in [6.45, 7) is 3.77. The zero-order valence-electron chi connectivity index (χ0n) is 18.4. The van der Waals surface area contributed by atoms with Crippen molar-refractivity contribution >= 4 is 28.5 Å². The fourth-order valence-corrected chi connectivity index (χ4v) is 4.16. The van der Waals surface area contributed by atoms with Gasteiger partial charge in [0.2, 0.25) is 0 Å². The minimum absolute atomic E-state index is 0.0774. The molecule has 1 aliphatic carbocycles. The number of hydrogen-bond acceptors (Lipinski definition) is 6. The minimum atomic E-state index is -2.70. The Bertz CT molecular complexity index is 1280. The highest BCUT2D eigenvalue weighted by Crippen LogP contribution is 2.42. The third-order valence-corrected chi connectivity index (χ3v) is 5.98. The van der Waals surface area contributed by atoms with Crippen molar-refractivity contribution in [2.75, 3.05) is 17.3 Å². The summed E-state index contributed by atoms with van der Waals surface area (Å²) in [4.78, 5) is 22.4. The van der Waals surface area contributed by atoms with Gasteiger partial charge >= 0.3 is 5.97 Å². The minimum Gasteiger partial charge on any atom is -0.478 e. The van der Waals surface area contributed by atoms with Crippen LogP contribution in [0.4, 0.5) is 20.3 Å². The van der Waals surface area contributed by atoms with Crippen molar-refractivity contribution in [3.05, 3.63) is 58.8 Å². The van der Waals surface area contributed by atoms with E-state index in [2.05, 4.69) is 10.3 Å². The van der Waals surface area contributed by atoms with Crippen molar-refractivity contribution in [2.45, 2.75) is 44.7 Å². The van der Waals surface area contributed by atoms with Crippen LogP contribution in [-0.4, -0.2) is 40.1 Å². The third kappa shape index (κ3) is 4.29. The molecule has 0 radical (unpaired) electrons. The molecule has 4 rings (SSSR count). The molecule has 3 aromatic rings. The Labute approximate surface area is 189 Å². The van der Waals surface area contributed by atoms with Gasteiger partial charge in [0.05, 0.1) is 22.6 Å². The molecule has 0 amide bonds. The first-order valence-corrected chi connectivity index (χ1v) is 10.5. The number of carboxylic acid groups (broad SMARTS) is 1. The van der Waals surface area contributed by atoms with Gasteiger partial charge in [-0.3, -0.25) is 0 Å². The van der Waals surface area contributed by atoms with Crippen molar-refractivity contribution < 1.29 is 18.7 Å². The Hall–Kier alpha value is -3.80. The number of anilines is 2. The van der Waals surface area contributed by atoms with Crippen molar-refractivity contribution in [2.24, 2.45) is 0 Å². The second-order valence-corrected chi connectivity index (χ2v) is 8.48. The van der Waals surface area contributed by atoms with E-state index in [1.807, 2.05) is 32.0 Å². The van der Waals surface area contributed by atoms with E-state index in [9.17, 15) is 23.9 Å². The zero-order chi connectivity index (χ0) is 23.9. The molecule has 1 heterocycles. The van der Waals surface area contributed by atoms with Crippen molar-refractivity contribution in [3.63, 3.8) is 0 Å². The van der Waals surface area contributed by atoms with Crippen LogP contribution in [0.3, 0.4) is 0 Å². The number of aryl methyl sites for hydroxylation is 1. The maximum absolute atomic E-state index is 13.4. The lowest BCUT2D eigenvalue weighted by atomic mass is 9.87. The van der Waals surface area contributed by atoms with Crippen LogP contribution < -0.4 is 10.2 Å². The number of carbonyl (C=O) groups is 1. The summed E-state index contributed by atoms with van der Waals surface area (Å²) >= 11 is 0. The number of aromatic nitrogens is 2. The molecule has 1 aromatic heterocycles. The predicted molar refractivity (Wildman–Crippen MR) is 121 cm³/mol. The number of hydrogen-bond donors (Lipinski definition) is 2. The Morgan fingerprint density at radius 2 is 2.00 bits per heavy atom. The number of fused-ring (bicyclic) bond motifs is 1. The van der Waals surface area contributed by atoms with Gasteiger partial charge in [-0.25, -0.2) is 23.5 Å². The fourth-order valence-electron chi connectivity index (χ4n) is 4.16. The van der Waals surface area contributed by atoms with Crippen LogP contribution in [0.5, 0.6) is 0 Å². The van der Waals surface area contributed by atoms with Crippen LogP contribution in [0.25, 0.3) is 11.0 Å². The lowest BCUT2D eigenvalue weighted by molar-refractivity contribution is -0.0850. The van der Waals surface area contributed by atoms with E-state index in [1.54, 1.807) is 30.1 Å². The lowest BCUT2D eigenvalue weighted by Crippen LogP contribution is -2.50. The van der Waals surface area contributed by atoms with E-state index in [0.29, 0.717) is 16.7 Å². The highest BCUT2D eigenvalue weighted by atomic mass is 19.3. The molecular weight excluding hydrogens is 428 g/mol. The third-order valence-electron chi connectivity index (χ3n) is 5.98. The quantitative estimate of drug-likeness (QED) is 0.549. The summed E-state index contributed by atoms with van der Waals surface area (Å²) in [5, 5.41) is 22.4. The SMILES string of the molecule is Cc1cc([C@@H](C)Nc2ccccc2C(=O)O)c2nc(N(C)C3CC(F)(F)C3)c(C#N)nc2c1. The number of aromatic carboxylic acids is 1. The highest BCUT2D eigenvalue weighted by molar-refractivity contribution is 5.94. The molecule has 0 saturated heterocycles. The molecule has 2 aromatic carbocycles. The fraction of sp³-hybridized carbons (Fsp3) is 0.333. The van der Waals surface area contributed by atoms with E-state index >= 15 is 0 Å². The average Bonchev–Trinajstić information content (AvgIpc) is 2.75. The summed E-state index contributed by atoms with van der Waals surface area (Å²) in [5.74, 6) is -3.48. The number of rotatable bonds is 6. The number of nitriles is 1. The molecular formula is C24H23F2N5O2. The van der Waals surface area contributed by atoms with Crippen LogP contribution in [-0.2, 0) is 0 Å². The maximum Gasteiger partial charge on any atom is 0.337 e. The molecule has 1 saturated carbocycles. The molecule has 9 heteroatoms. The first-order chi connectivity index (χ1) is 15.6. The second kappa shape index (κ2) is 8.28. The topological polar surface area (TPSA) is 102 Å². The number of alkyl halides is 2. The van der Waals surface area contributed by atoms with Gasteiger partial charge in [0, 0.05) is 37.2 Å². The van der Waals surface area contributed by atoms with Gasteiger partial charge in [-0.1, -0.05) is 18.2 Å². The predicted octanol–water partition coefficient (Wildman–Crippen LogP) is 4.92. The standard InChI is InChI=1S/C24H23F2N5O2/c1-13-8-17(14(2)28-18-7-5-4-6-16(18)23(32)33)21-19(9-13)29-20(12-27)22(30-21)31(3)15-10-24(25,26)11-15/h4-9,14-15,28H,10-11H2,1-3H3,(H,32,33)/t14-/m1/s1. The number of nitrogens with zero attached hydrogens (tertiary/aromatic N) is 4. The van der Waals surface area contributed by atoms with Gasteiger partial charge in [0.1, 0.15) is 6.07 Å². The molecule has 0 spiro atoms. The van der Waals surface area contributed by atoms with Gasteiger partial charge in [0.25, 0.3) is 5.92 Å². The second-order valence-electron chi connectivity index (χ2n) is 8.48. The largest absolute Gasteiger partial charge is 0.478 e. The smallest absolute Gasteiger partial charge is 0.337 e. The molecule has 0 bridgehead atoms. The average molecular weight is 451 g/mol. The number of halogens is 2. The van der Waals surface area contributed by atoms with E-state index in [-0.39, 0.29) is 36.0 Å². The molecule has 170 valence electrons. The number of para-hydroxylation sites is 1. The molecule has 2 N–H and O–H groups in total. The van der Waals surface area contributed by atoms with Gasteiger partial charge in [-0.15, -0.1) is 0 Å². The van der Waals surface area contributed by atoms with E-state index < -0.39 is 17.9 Å². The first-order valence-electron chi connectivity index (χ1n) is 10.5. The van der Waals surface area contributed by atoms with E-state index in [0.717, 1.165) is 11.1 Å². The van der Waals surface area contributed by atoms with Crippen LogP contribution in [0.2, 0.25) is 0 Å². The Kier molecular flexibility index (Phi) is 5.62. The zero-order valence-corrected chi connectivity index (χ0v) is 18.4. The summed E-state index contributed by atoms with van der Waals surface area (Å²) in [7, 11) is 1.65. The van der Waals surface area contributed by atoms with Crippen molar-refractivity contribution in [1.29, 1.82) is 5.26 Å². The maximum atomic E-state index is 13.4. The molecule has 0 aliphatic heterocycles. The van der Waals surface area contributed by atoms with Crippen molar-refractivity contribution in [3.8, 4) is 6.07 Å². The van der Waals surface area contributed by atoms with Gasteiger partial charge in [-0.05, 0) is 37.6 Å². The van der Waals surface area contributed by atoms with Crippen LogP contribution in [0, 0.1) is 18.3 Å². The monoisotopic (exact) mass is 451 g/mol. The summed E-state index contributed by atoms with van der Waals surface area (Å²) in [6.07, 6.45) is -0.586. The van der Waals surface area contributed by atoms with Crippen LogP contribution >= 0.6 is 0 Å². The summed E-state index contributed by atoms with van der Waals surface area (Å²) in [6, 6.07) is 11.6. The van der Waals surface area contributed by atoms with Gasteiger partial charge in [0.15, 0.2) is 11.5 Å². The number of carboxylic acids is 1. The van der Waals surface area contributed by atoms with Crippen molar-refractivity contribution in [1.82, 2.24) is 9.97 Å². The Balaban J connectivity index is 1.77. The molecule has 33 heavy (non-hydrogen) atoms. The molecule has 1 atom stereocenters. The summed E-state index contributed by atoms with van der Waals surface area (Å²) in [5.41, 5.74) is 3.38. The summed E-state index contributed by atoms with van der Waals surface area (Å²) < 4.78 is 26.9. The van der Waals surface area contributed by atoms with Crippen LogP contribution in [0.15, 0.2) is 36.4 Å². The lowest BCUT2D eigenvalue weighted by Gasteiger charge is -2.41.